The molecule has 0 aliphatic heterocycles. The van der Waals surface area contributed by atoms with E-state index in [0.717, 1.165) is 28.0 Å². The quantitative estimate of drug-likeness (QED) is 0.430. The minimum atomic E-state index is -0.562. The number of H-pyrrole nitrogens is 1. The van der Waals surface area contributed by atoms with E-state index in [1.54, 1.807) is 18.2 Å². The zero-order valence-electron chi connectivity index (χ0n) is 15.9. The van der Waals surface area contributed by atoms with Gasteiger partial charge in [-0.15, -0.1) is 0 Å². The number of carbonyl (C=O) groups excluding carboxylic acids is 2. The molecule has 4 rings (SSSR count). The number of ketones is 1. The van der Waals surface area contributed by atoms with Crippen LogP contribution in [-0.4, -0.2) is 33.3 Å². The first kappa shape index (κ1) is 17.9. The minimum absolute atomic E-state index is 0.240. The first-order valence-corrected chi connectivity index (χ1v) is 8.96. The second kappa shape index (κ2) is 6.88. The van der Waals surface area contributed by atoms with Crippen LogP contribution in [-0.2, 0) is 4.74 Å². The molecule has 140 valence electrons. The maximum Gasteiger partial charge on any atom is 0.338 e. The molecule has 2 aromatic carbocycles. The number of nitrogens with one attached hydrogen (secondary N) is 1. The summed E-state index contributed by atoms with van der Waals surface area (Å²) >= 11 is 0. The van der Waals surface area contributed by atoms with Gasteiger partial charge in [0.25, 0.3) is 0 Å². The summed E-state index contributed by atoms with van der Waals surface area (Å²) in [5, 5.41) is 0.827. The van der Waals surface area contributed by atoms with Crippen LogP contribution in [0.15, 0.2) is 42.5 Å². The molecule has 0 fully saturated rings. The normalized spacial score (nSPS) is 11.1. The summed E-state index contributed by atoms with van der Waals surface area (Å²) in [5.74, 6) is -0.803. The summed E-state index contributed by atoms with van der Waals surface area (Å²) in [5.41, 5.74) is 5.53. The molecule has 0 spiro atoms. The molecule has 0 aliphatic rings. The number of carbonyl (C=O) groups is 2. The topological polar surface area (TPSA) is 84.9 Å². The van der Waals surface area contributed by atoms with E-state index >= 15 is 0 Å². The van der Waals surface area contributed by atoms with E-state index in [-0.39, 0.29) is 12.4 Å². The number of rotatable bonds is 4. The Morgan fingerprint density at radius 1 is 0.964 bits per heavy atom. The maximum absolute atomic E-state index is 12.7. The second-order valence-corrected chi connectivity index (χ2v) is 6.77. The minimum Gasteiger partial charge on any atom is -0.454 e. The molecular weight excluding hydrogens is 354 g/mol. The zero-order chi connectivity index (χ0) is 19.8. The van der Waals surface area contributed by atoms with Crippen LogP contribution in [0.3, 0.4) is 0 Å². The Hall–Kier alpha value is -3.54. The van der Waals surface area contributed by atoms with E-state index in [0.29, 0.717) is 22.2 Å². The van der Waals surface area contributed by atoms with Crippen LogP contribution in [0.25, 0.3) is 21.9 Å². The van der Waals surface area contributed by atoms with Crippen molar-refractivity contribution in [1.29, 1.82) is 0 Å². The molecule has 6 nitrogen and oxygen atoms in total. The predicted molar refractivity (Wildman–Crippen MR) is 107 cm³/mol. The number of nitrogens with zero attached hydrogens (tertiary/aromatic N) is 2. The molecule has 0 atom stereocenters. The third kappa shape index (κ3) is 3.13. The van der Waals surface area contributed by atoms with E-state index in [2.05, 4.69) is 15.0 Å². The Morgan fingerprint density at radius 2 is 1.68 bits per heavy atom. The van der Waals surface area contributed by atoms with Crippen molar-refractivity contribution < 1.29 is 14.3 Å². The van der Waals surface area contributed by atoms with Gasteiger partial charge in [-0.1, -0.05) is 18.2 Å². The van der Waals surface area contributed by atoms with Crippen molar-refractivity contribution in [2.24, 2.45) is 0 Å². The molecule has 4 aromatic rings. The van der Waals surface area contributed by atoms with Crippen LogP contribution in [0.5, 0.6) is 0 Å². The predicted octanol–water partition coefficient (Wildman–Crippen LogP) is 4.08. The van der Waals surface area contributed by atoms with Crippen LogP contribution < -0.4 is 0 Å². The average molecular weight is 373 g/mol. The standard InChI is InChI=1S/C22H19N3O3/c1-12-13(2)24-19-10-15(8-9-18(19)23-12)22(27)28-11-20(26)21-14(3)25-17-7-5-4-6-16(17)21/h4-10,25H,11H2,1-3H3. The van der Waals surface area contributed by atoms with Crippen molar-refractivity contribution in [1.82, 2.24) is 15.0 Å². The third-order valence-electron chi connectivity index (χ3n) is 4.82. The highest BCUT2D eigenvalue weighted by Crippen LogP contribution is 2.22. The van der Waals surface area contributed by atoms with Gasteiger partial charge in [-0.2, -0.15) is 0 Å². The first-order valence-electron chi connectivity index (χ1n) is 8.96. The Kier molecular flexibility index (Phi) is 4.39. The molecule has 6 heteroatoms. The first-order chi connectivity index (χ1) is 13.4. The largest absolute Gasteiger partial charge is 0.454 e. The highest BCUT2D eigenvalue weighted by Gasteiger charge is 2.18. The molecular formula is C22H19N3O3. The summed E-state index contributed by atoms with van der Waals surface area (Å²) in [4.78, 5) is 37.2. The number of para-hydroxylation sites is 1. The van der Waals surface area contributed by atoms with Crippen molar-refractivity contribution in [2.45, 2.75) is 20.8 Å². The van der Waals surface area contributed by atoms with Gasteiger partial charge in [-0.25, -0.2) is 14.8 Å². The molecule has 0 saturated carbocycles. The number of aryl methyl sites for hydroxylation is 3. The van der Waals surface area contributed by atoms with Crippen molar-refractivity contribution >= 4 is 33.7 Å². The number of aromatic amines is 1. The summed E-state index contributed by atoms with van der Waals surface area (Å²) in [7, 11) is 0. The van der Waals surface area contributed by atoms with Crippen molar-refractivity contribution in [2.75, 3.05) is 6.61 Å². The summed E-state index contributed by atoms with van der Waals surface area (Å²) in [6, 6.07) is 12.6. The van der Waals surface area contributed by atoms with Gasteiger partial charge in [-0.05, 0) is 45.0 Å². The van der Waals surface area contributed by atoms with Gasteiger partial charge in [-0.3, -0.25) is 4.79 Å². The van der Waals surface area contributed by atoms with Crippen LogP contribution in [0.2, 0.25) is 0 Å². The number of hydrogen-bond donors (Lipinski definition) is 1. The van der Waals surface area contributed by atoms with Crippen LogP contribution >= 0.6 is 0 Å². The van der Waals surface area contributed by atoms with E-state index in [4.69, 9.17) is 4.74 Å². The number of aromatic nitrogens is 3. The van der Waals surface area contributed by atoms with Crippen molar-refractivity contribution in [3.63, 3.8) is 0 Å². The van der Waals surface area contributed by atoms with Crippen molar-refractivity contribution in [3.05, 3.63) is 70.7 Å². The van der Waals surface area contributed by atoms with Gasteiger partial charge in [0.2, 0.25) is 5.78 Å². The lowest BCUT2D eigenvalue weighted by Crippen LogP contribution is -2.15. The summed E-state index contributed by atoms with van der Waals surface area (Å²) in [6.45, 7) is 5.27. The van der Waals surface area contributed by atoms with Gasteiger partial charge in [0.15, 0.2) is 6.61 Å². The monoisotopic (exact) mass is 373 g/mol. The molecule has 0 amide bonds. The number of Topliss-reactive ketones (excluding diaryl/α,β-unsaturated/α-hetero) is 1. The number of fused-ring (bicyclic) bond motifs is 2. The molecule has 2 aromatic heterocycles. The van der Waals surface area contributed by atoms with Gasteiger partial charge in [0, 0.05) is 22.2 Å². The van der Waals surface area contributed by atoms with E-state index in [9.17, 15) is 9.59 Å². The van der Waals surface area contributed by atoms with Gasteiger partial charge < -0.3 is 9.72 Å². The number of ether oxygens (including phenoxy) is 1. The SMILES string of the molecule is Cc1nc2ccc(C(=O)OCC(=O)c3c(C)[nH]c4ccccc34)cc2nc1C. The lowest BCUT2D eigenvalue weighted by Gasteiger charge is -2.07. The Bertz CT molecular complexity index is 1240. The Morgan fingerprint density at radius 3 is 2.46 bits per heavy atom. The molecule has 0 saturated heterocycles. The Balaban J connectivity index is 1.54. The summed E-state index contributed by atoms with van der Waals surface area (Å²) in [6.07, 6.45) is 0. The fraction of sp³-hybridized carbons (Fsp3) is 0.182. The molecule has 0 unspecified atom stereocenters. The van der Waals surface area contributed by atoms with Gasteiger partial charge in [0.05, 0.1) is 28.0 Å². The number of hydrogen-bond acceptors (Lipinski definition) is 5. The molecule has 1 N–H and O–H groups in total. The number of benzene rings is 2. The lowest BCUT2D eigenvalue weighted by atomic mass is 10.1. The molecule has 0 aliphatic carbocycles. The van der Waals surface area contributed by atoms with Crippen LogP contribution in [0, 0.1) is 20.8 Å². The maximum atomic E-state index is 12.7. The average Bonchev–Trinajstić information content (AvgIpc) is 3.02. The van der Waals surface area contributed by atoms with Crippen LogP contribution in [0.1, 0.15) is 37.8 Å². The zero-order valence-corrected chi connectivity index (χ0v) is 15.9. The molecule has 28 heavy (non-hydrogen) atoms. The summed E-state index contributed by atoms with van der Waals surface area (Å²) < 4.78 is 5.27. The smallest absolute Gasteiger partial charge is 0.338 e. The highest BCUT2D eigenvalue weighted by molar-refractivity contribution is 6.10. The third-order valence-corrected chi connectivity index (χ3v) is 4.82. The highest BCUT2D eigenvalue weighted by atomic mass is 16.5. The second-order valence-electron chi connectivity index (χ2n) is 6.77. The Labute approximate surface area is 161 Å². The van der Waals surface area contributed by atoms with Crippen molar-refractivity contribution in [3.8, 4) is 0 Å². The molecule has 0 bridgehead atoms. The lowest BCUT2D eigenvalue weighted by molar-refractivity contribution is 0.0475. The number of esters is 1. The van der Waals surface area contributed by atoms with E-state index < -0.39 is 5.97 Å². The van der Waals surface area contributed by atoms with E-state index in [1.807, 2.05) is 45.0 Å². The van der Waals surface area contributed by atoms with Gasteiger partial charge >= 0.3 is 5.97 Å². The van der Waals surface area contributed by atoms with E-state index in [1.165, 1.54) is 0 Å². The van der Waals surface area contributed by atoms with Crippen LogP contribution in [0.4, 0.5) is 0 Å². The molecule has 2 heterocycles. The fourth-order valence-corrected chi connectivity index (χ4v) is 3.28. The molecule has 0 radical (unpaired) electrons. The fourth-order valence-electron chi connectivity index (χ4n) is 3.28. The van der Waals surface area contributed by atoms with Gasteiger partial charge in [0.1, 0.15) is 0 Å².